The summed E-state index contributed by atoms with van der Waals surface area (Å²) < 4.78 is 0. The summed E-state index contributed by atoms with van der Waals surface area (Å²) in [5.74, 6) is 0.956. The second kappa shape index (κ2) is 18.5. The number of hydrogen-bond donors (Lipinski definition) is 0. The van der Waals surface area contributed by atoms with E-state index in [0.29, 0.717) is 0 Å². The maximum Gasteiger partial charge on any atom is 1.00 e. The van der Waals surface area contributed by atoms with Crippen molar-refractivity contribution < 1.29 is 22.4 Å². The second-order valence-electron chi connectivity index (χ2n) is 4.59. The fourth-order valence-corrected chi connectivity index (χ4v) is 2.15. The summed E-state index contributed by atoms with van der Waals surface area (Å²) in [6.45, 7) is 2.28. The summed E-state index contributed by atoms with van der Waals surface area (Å²) >= 11 is 4.92. The Hall–Kier alpha value is 1.09. The Morgan fingerprint density at radius 2 is 0.875 bits per heavy atom. The fourth-order valence-electron chi connectivity index (χ4n) is 1.94. The monoisotopic (exact) mass is 426 g/mol. The van der Waals surface area contributed by atoms with Crippen molar-refractivity contribution >= 4 is 12.6 Å². The Balaban J connectivity index is 0. The molecule has 0 fully saturated rings. The topological polar surface area (TPSA) is 0 Å². The van der Waals surface area contributed by atoms with Crippen molar-refractivity contribution in [2.24, 2.45) is 0 Å². The van der Waals surface area contributed by atoms with Gasteiger partial charge in [0.2, 0.25) is 0 Å². The molecule has 0 N–H and O–H groups in total. The minimum atomic E-state index is 0. The molecule has 16 heavy (non-hydrogen) atoms. The molecule has 0 aromatic heterocycles. The van der Waals surface area contributed by atoms with Gasteiger partial charge in [0.1, 0.15) is 0 Å². The van der Waals surface area contributed by atoms with Gasteiger partial charge in [-0.1, -0.05) is 84.0 Å². The third-order valence-electron chi connectivity index (χ3n) is 3.00. The summed E-state index contributed by atoms with van der Waals surface area (Å²) in [5, 5.41) is 0. The summed E-state index contributed by atoms with van der Waals surface area (Å²) in [5.41, 5.74) is 0. The van der Waals surface area contributed by atoms with E-state index >= 15 is 0 Å². The molecule has 0 atom stereocenters. The van der Waals surface area contributed by atoms with Crippen LogP contribution in [0.5, 0.6) is 0 Å². The first-order valence-electron chi connectivity index (χ1n) is 7.00. The van der Waals surface area contributed by atoms with Gasteiger partial charge >= 0.3 is 22.4 Å². The maximum absolute atomic E-state index is 4.92. The Morgan fingerprint density at radius 3 is 1.19 bits per heavy atom. The predicted octanol–water partition coefficient (Wildman–Crippen LogP) is 5.23. The molecule has 102 valence electrons. The maximum atomic E-state index is 4.92. The van der Waals surface area contributed by atoms with Crippen LogP contribution in [0.3, 0.4) is 0 Å². The minimum absolute atomic E-state index is 0. The van der Waals surface area contributed by atoms with E-state index in [9.17, 15) is 0 Å². The first-order valence-corrected chi connectivity index (χ1v) is 7.57. The molecule has 0 aliphatic heterocycles. The molecule has 0 amide bonds. The van der Waals surface area contributed by atoms with Gasteiger partial charge in [-0.3, -0.25) is 0 Å². The Kier molecular flexibility index (Phi) is 22.4. The van der Waals surface area contributed by atoms with Gasteiger partial charge in [0, 0.05) is 0 Å². The zero-order valence-electron chi connectivity index (χ0n) is 10.9. The summed E-state index contributed by atoms with van der Waals surface area (Å²) in [6, 6.07) is 0. The molecule has 0 radical (unpaired) electrons. The molecule has 0 aliphatic rings. The van der Waals surface area contributed by atoms with E-state index in [1.54, 1.807) is 0 Å². The molecule has 0 saturated carbocycles. The summed E-state index contributed by atoms with van der Waals surface area (Å²) in [7, 11) is 0. The first kappa shape index (κ1) is 19.4. The van der Waals surface area contributed by atoms with Crippen molar-refractivity contribution in [1.29, 1.82) is 0 Å². The van der Waals surface area contributed by atoms with E-state index in [0.717, 1.165) is 5.75 Å². The first-order chi connectivity index (χ1) is 7.41. The van der Waals surface area contributed by atoms with Crippen molar-refractivity contribution in [3.8, 4) is 0 Å². The van der Waals surface area contributed by atoms with Crippen LogP contribution in [0, 0.1) is 0 Å². The van der Waals surface area contributed by atoms with Crippen LogP contribution < -0.4 is 0 Å². The van der Waals surface area contributed by atoms with Crippen molar-refractivity contribution in [1.82, 2.24) is 0 Å². The van der Waals surface area contributed by atoms with Gasteiger partial charge in [0.25, 0.3) is 0 Å². The largest absolute Gasteiger partial charge is 1.00 e. The molecule has 2 heteroatoms. The van der Waals surface area contributed by atoms with Crippen molar-refractivity contribution in [2.45, 2.75) is 84.0 Å². The summed E-state index contributed by atoms with van der Waals surface area (Å²) in [6.07, 6.45) is 17.0. The van der Waals surface area contributed by atoms with Gasteiger partial charge < -0.3 is 12.6 Å². The van der Waals surface area contributed by atoms with Gasteiger partial charge in [0.05, 0.1) is 0 Å². The minimum Gasteiger partial charge on any atom is -0.793 e. The number of rotatable bonds is 12. The molecule has 0 saturated heterocycles. The Bertz CT molecular complexity index is 94.9. The van der Waals surface area contributed by atoms with Crippen molar-refractivity contribution in [3.05, 3.63) is 0 Å². The quantitative estimate of drug-likeness (QED) is 0.234. The van der Waals surface area contributed by atoms with E-state index in [1.807, 2.05) is 0 Å². The standard InChI is InChI=1S/C14H30S.Au/c1-2-3-4-5-6-7-8-9-10-11-12-13-14-15;/h15H,2-14H2,1H3;/q;+1/p-1. The molecule has 0 nitrogen and oxygen atoms in total. The van der Waals surface area contributed by atoms with Gasteiger partial charge in [-0.15, -0.1) is 0 Å². The molecule has 0 unspecified atom stereocenters. The van der Waals surface area contributed by atoms with Crippen LogP contribution in [0.15, 0.2) is 0 Å². The van der Waals surface area contributed by atoms with E-state index < -0.39 is 0 Å². The molecular formula is C14H29AuS. The average molecular weight is 426 g/mol. The van der Waals surface area contributed by atoms with Crippen LogP contribution in [-0.4, -0.2) is 5.75 Å². The van der Waals surface area contributed by atoms with Gasteiger partial charge in [0.15, 0.2) is 0 Å². The van der Waals surface area contributed by atoms with E-state index in [1.165, 1.54) is 77.0 Å². The summed E-state index contributed by atoms with van der Waals surface area (Å²) in [4.78, 5) is 0. The SMILES string of the molecule is CCCCCCCCCCCCCC[S-].[Au+]. The zero-order valence-corrected chi connectivity index (χ0v) is 13.9. The molecule has 0 rings (SSSR count). The Labute approximate surface area is 124 Å². The van der Waals surface area contributed by atoms with E-state index in [4.69, 9.17) is 12.6 Å². The third-order valence-corrected chi connectivity index (χ3v) is 3.29. The van der Waals surface area contributed by atoms with Crippen LogP contribution in [0.2, 0.25) is 0 Å². The van der Waals surface area contributed by atoms with Crippen LogP contribution >= 0.6 is 0 Å². The molecule has 0 heterocycles. The van der Waals surface area contributed by atoms with E-state index in [-0.39, 0.29) is 22.4 Å². The van der Waals surface area contributed by atoms with Crippen LogP contribution in [0.4, 0.5) is 0 Å². The fraction of sp³-hybridized carbons (Fsp3) is 1.00. The van der Waals surface area contributed by atoms with Crippen LogP contribution in [0.25, 0.3) is 0 Å². The predicted molar refractivity (Wildman–Crippen MR) is 73.3 cm³/mol. The normalized spacial score (nSPS) is 10.1. The van der Waals surface area contributed by atoms with Crippen LogP contribution in [0.1, 0.15) is 84.0 Å². The molecule has 0 bridgehead atoms. The Morgan fingerprint density at radius 1 is 0.562 bits per heavy atom. The third kappa shape index (κ3) is 17.5. The van der Waals surface area contributed by atoms with Gasteiger partial charge in [-0.05, 0) is 0 Å². The molecular weight excluding hydrogens is 397 g/mol. The van der Waals surface area contributed by atoms with Gasteiger partial charge in [-0.2, -0.15) is 5.75 Å². The van der Waals surface area contributed by atoms with Crippen LogP contribution in [-0.2, 0) is 35.0 Å². The molecule has 0 aromatic carbocycles. The molecule has 0 aromatic rings. The molecule has 0 spiro atoms. The smallest absolute Gasteiger partial charge is 0.793 e. The van der Waals surface area contributed by atoms with Gasteiger partial charge in [-0.25, -0.2) is 0 Å². The average Bonchev–Trinajstić information content (AvgIpc) is 2.26. The zero-order chi connectivity index (χ0) is 11.2. The molecule has 0 aliphatic carbocycles. The van der Waals surface area contributed by atoms with E-state index in [2.05, 4.69) is 6.92 Å². The van der Waals surface area contributed by atoms with Crippen molar-refractivity contribution in [2.75, 3.05) is 5.75 Å². The van der Waals surface area contributed by atoms with Crippen molar-refractivity contribution in [3.63, 3.8) is 0 Å². The number of hydrogen-bond acceptors (Lipinski definition) is 1. The second-order valence-corrected chi connectivity index (χ2v) is 5.00. The number of unbranched alkanes of at least 4 members (excludes halogenated alkanes) is 11.